The van der Waals surface area contributed by atoms with Crippen molar-refractivity contribution in [2.45, 2.75) is 39.2 Å². The zero-order valence-corrected chi connectivity index (χ0v) is 13.6. The van der Waals surface area contributed by atoms with Crippen molar-refractivity contribution < 1.29 is 19.1 Å². The summed E-state index contributed by atoms with van der Waals surface area (Å²) in [6.07, 6.45) is 3.98. The topological polar surface area (TPSA) is 72.5 Å². The van der Waals surface area contributed by atoms with Crippen LogP contribution in [0.5, 0.6) is 0 Å². The minimum Gasteiger partial charge on any atom is -0.452 e. The number of rotatable bonds is 5. The first-order chi connectivity index (χ1) is 11.0. The summed E-state index contributed by atoms with van der Waals surface area (Å²) in [5, 5.41) is 2.96. The highest BCUT2D eigenvalue weighted by atomic mass is 16.5. The average molecular weight is 317 g/mol. The van der Waals surface area contributed by atoms with E-state index in [9.17, 15) is 14.4 Å². The molecule has 23 heavy (non-hydrogen) atoms. The van der Waals surface area contributed by atoms with E-state index in [4.69, 9.17) is 4.74 Å². The molecule has 5 heteroatoms. The van der Waals surface area contributed by atoms with E-state index in [0.717, 1.165) is 12.8 Å². The molecule has 1 amide bonds. The number of aldehydes is 1. The summed E-state index contributed by atoms with van der Waals surface area (Å²) in [5.74, 6) is 0.184. The van der Waals surface area contributed by atoms with Gasteiger partial charge in [0.25, 0.3) is 5.91 Å². The Labute approximate surface area is 136 Å². The van der Waals surface area contributed by atoms with Gasteiger partial charge in [-0.15, -0.1) is 0 Å². The van der Waals surface area contributed by atoms with Gasteiger partial charge in [0.1, 0.15) is 6.29 Å². The Kier molecular flexibility index (Phi) is 5.90. The Morgan fingerprint density at radius 2 is 1.91 bits per heavy atom. The maximum absolute atomic E-state index is 12.0. The highest BCUT2D eigenvalue weighted by Crippen LogP contribution is 2.29. The molecular weight excluding hydrogens is 294 g/mol. The number of hydrogen-bond acceptors (Lipinski definition) is 4. The van der Waals surface area contributed by atoms with E-state index in [0.29, 0.717) is 29.2 Å². The minimum atomic E-state index is -0.567. The summed E-state index contributed by atoms with van der Waals surface area (Å²) < 4.78 is 5.03. The third-order valence-electron chi connectivity index (χ3n) is 4.67. The third-order valence-corrected chi connectivity index (χ3v) is 4.67. The molecule has 1 aromatic rings. The molecule has 0 aromatic heterocycles. The highest BCUT2D eigenvalue weighted by Gasteiger charge is 2.28. The van der Waals surface area contributed by atoms with Crippen molar-refractivity contribution in [3.05, 3.63) is 35.4 Å². The van der Waals surface area contributed by atoms with Gasteiger partial charge in [-0.25, -0.2) is 4.79 Å². The standard InChI is InChI=1S/C18H23NO4/c1-12-4-3-5-16(13(12)2)19-17(21)11-23-18(22)15-8-6-14(10-20)7-9-15/h6-10,12-13,16H,3-5,11H2,1-2H3,(H,19,21)/t12-,13+,16+/m1/s1. The van der Waals surface area contributed by atoms with Gasteiger partial charge in [0, 0.05) is 11.6 Å². The first kappa shape index (κ1) is 17.2. The van der Waals surface area contributed by atoms with Crippen LogP contribution in [-0.2, 0) is 9.53 Å². The number of hydrogen-bond donors (Lipinski definition) is 1. The third kappa shape index (κ3) is 4.65. The summed E-state index contributed by atoms with van der Waals surface area (Å²) in [4.78, 5) is 34.4. The average Bonchev–Trinajstić information content (AvgIpc) is 2.57. The molecule has 124 valence electrons. The molecule has 1 aliphatic rings. The Morgan fingerprint density at radius 1 is 1.22 bits per heavy atom. The number of esters is 1. The van der Waals surface area contributed by atoms with Crippen molar-refractivity contribution in [2.75, 3.05) is 6.61 Å². The molecule has 0 heterocycles. The molecule has 1 aliphatic carbocycles. The molecule has 0 bridgehead atoms. The number of nitrogens with one attached hydrogen (secondary N) is 1. The fraction of sp³-hybridized carbons (Fsp3) is 0.500. The van der Waals surface area contributed by atoms with Gasteiger partial charge in [-0.1, -0.05) is 38.8 Å². The second-order valence-electron chi connectivity index (χ2n) is 6.26. The van der Waals surface area contributed by atoms with Gasteiger partial charge >= 0.3 is 5.97 Å². The van der Waals surface area contributed by atoms with Crippen molar-refractivity contribution in [3.63, 3.8) is 0 Å². The number of amides is 1. The SMILES string of the molecule is C[C@H]1[C@H](C)CCC[C@@H]1NC(=O)COC(=O)c1ccc(C=O)cc1. The number of benzene rings is 1. The molecule has 2 rings (SSSR count). The molecule has 0 saturated heterocycles. The number of ether oxygens (including phenoxy) is 1. The lowest BCUT2D eigenvalue weighted by atomic mass is 9.78. The summed E-state index contributed by atoms with van der Waals surface area (Å²) in [6, 6.07) is 6.24. The van der Waals surface area contributed by atoms with Crippen LogP contribution in [-0.4, -0.2) is 30.8 Å². The molecule has 1 N–H and O–H groups in total. The van der Waals surface area contributed by atoms with Crippen LogP contribution in [0.3, 0.4) is 0 Å². The van der Waals surface area contributed by atoms with Crippen LogP contribution in [0.25, 0.3) is 0 Å². The van der Waals surface area contributed by atoms with E-state index in [-0.39, 0.29) is 18.6 Å². The molecule has 0 spiro atoms. The summed E-state index contributed by atoms with van der Waals surface area (Å²) in [7, 11) is 0. The Balaban J connectivity index is 1.81. The van der Waals surface area contributed by atoms with Crippen molar-refractivity contribution >= 4 is 18.2 Å². The van der Waals surface area contributed by atoms with E-state index >= 15 is 0 Å². The molecule has 0 unspecified atom stereocenters. The maximum Gasteiger partial charge on any atom is 0.338 e. The number of carbonyl (C=O) groups excluding carboxylic acids is 3. The van der Waals surface area contributed by atoms with Crippen LogP contribution in [0, 0.1) is 11.8 Å². The smallest absolute Gasteiger partial charge is 0.338 e. The van der Waals surface area contributed by atoms with Gasteiger partial charge in [-0.05, 0) is 30.4 Å². The van der Waals surface area contributed by atoms with Gasteiger partial charge in [-0.2, -0.15) is 0 Å². The van der Waals surface area contributed by atoms with Gasteiger partial charge in [0.2, 0.25) is 0 Å². The van der Waals surface area contributed by atoms with Crippen LogP contribution in [0.4, 0.5) is 0 Å². The predicted octanol–water partition coefficient (Wildman–Crippen LogP) is 2.60. The Bertz CT molecular complexity index is 567. The first-order valence-corrected chi connectivity index (χ1v) is 8.03. The largest absolute Gasteiger partial charge is 0.452 e. The molecule has 0 radical (unpaired) electrons. The first-order valence-electron chi connectivity index (χ1n) is 8.03. The van der Waals surface area contributed by atoms with Crippen LogP contribution in [0.15, 0.2) is 24.3 Å². The Hall–Kier alpha value is -2.17. The molecular formula is C18H23NO4. The van der Waals surface area contributed by atoms with Crippen molar-refractivity contribution in [2.24, 2.45) is 11.8 Å². The molecule has 5 nitrogen and oxygen atoms in total. The summed E-state index contributed by atoms with van der Waals surface area (Å²) in [6.45, 7) is 4.06. The molecule has 1 aromatic carbocycles. The second kappa shape index (κ2) is 7.90. The zero-order valence-electron chi connectivity index (χ0n) is 13.6. The maximum atomic E-state index is 12.0. The van der Waals surface area contributed by atoms with Gasteiger partial charge in [0.05, 0.1) is 5.56 Å². The monoisotopic (exact) mass is 317 g/mol. The molecule has 3 atom stereocenters. The fourth-order valence-corrected chi connectivity index (χ4v) is 2.95. The normalized spacial score (nSPS) is 23.8. The van der Waals surface area contributed by atoms with E-state index < -0.39 is 5.97 Å². The second-order valence-corrected chi connectivity index (χ2v) is 6.26. The number of carbonyl (C=O) groups is 3. The quantitative estimate of drug-likeness (QED) is 0.669. The van der Waals surface area contributed by atoms with Crippen molar-refractivity contribution in [1.82, 2.24) is 5.32 Å². The van der Waals surface area contributed by atoms with Gasteiger partial charge in [-0.3, -0.25) is 9.59 Å². The summed E-state index contributed by atoms with van der Waals surface area (Å²) >= 11 is 0. The lowest BCUT2D eigenvalue weighted by Crippen LogP contribution is -2.45. The van der Waals surface area contributed by atoms with Crippen molar-refractivity contribution in [1.29, 1.82) is 0 Å². The van der Waals surface area contributed by atoms with E-state index in [1.165, 1.54) is 30.7 Å². The Morgan fingerprint density at radius 3 is 2.57 bits per heavy atom. The minimum absolute atomic E-state index is 0.150. The van der Waals surface area contributed by atoms with Crippen molar-refractivity contribution in [3.8, 4) is 0 Å². The van der Waals surface area contributed by atoms with Crippen LogP contribution >= 0.6 is 0 Å². The summed E-state index contributed by atoms with van der Waals surface area (Å²) in [5.41, 5.74) is 0.808. The zero-order chi connectivity index (χ0) is 16.8. The van der Waals surface area contributed by atoms with Crippen LogP contribution < -0.4 is 5.32 Å². The van der Waals surface area contributed by atoms with E-state index in [1.54, 1.807) is 0 Å². The molecule has 1 saturated carbocycles. The van der Waals surface area contributed by atoms with E-state index in [2.05, 4.69) is 19.2 Å². The van der Waals surface area contributed by atoms with E-state index in [1.807, 2.05) is 0 Å². The van der Waals surface area contributed by atoms with Crippen LogP contribution in [0.2, 0.25) is 0 Å². The van der Waals surface area contributed by atoms with Gasteiger partial charge in [0.15, 0.2) is 6.61 Å². The molecule has 0 aliphatic heterocycles. The predicted molar refractivity (Wildman–Crippen MR) is 86.2 cm³/mol. The fourth-order valence-electron chi connectivity index (χ4n) is 2.95. The molecule has 1 fully saturated rings. The van der Waals surface area contributed by atoms with Crippen LogP contribution in [0.1, 0.15) is 53.8 Å². The lowest BCUT2D eigenvalue weighted by molar-refractivity contribution is -0.125. The van der Waals surface area contributed by atoms with Gasteiger partial charge < -0.3 is 10.1 Å². The highest BCUT2D eigenvalue weighted by molar-refractivity contribution is 5.92. The lowest BCUT2D eigenvalue weighted by Gasteiger charge is -2.34.